The maximum atomic E-state index is 12.3. The van der Waals surface area contributed by atoms with Gasteiger partial charge in [0, 0.05) is 17.5 Å². The minimum absolute atomic E-state index is 0.00741. The molecule has 3 aromatic rings. The molecule has 0 spiro atoms. The molecule has 2 aromatic carbocycles. The second-order valence-electron chi connectivity index (χ2n) is 7.47. The first-order valence-electron chi connectivity index (χ1n) is 10.6. The normalized spacial score (nSPS) is 12.3. The van der Waals surface area contributed by atoms with Gasteiger partial charge < -0.3 is 24.8 Å². The van der Waals surface area contributed by atoms with E-state index in [2.05, 4.69) is 15.6 Å². The number of ether oxygens (including phenoxy) is 3. The molecule has 0 unspecified atom stereocenters. The van der Waals surface area contributed by atoms with Crippen LogP contribution in [-0.2, 0) is 38.6 Å². The zero-order chi connectivity index (χ0) is 23.9. The highest BCUT2D eigenvalue weighted by Crippen LogP contribution is 2.27. The Morgan fingerprint density at radius 3 is 2.88 bits per heavy atom. The van der Waals surface area contributed by atoms with Gasteiger partial charge in [0.25, 0.3) is 0 Å². The van der Waals surface area contributed by atoms with Crippen LogP contribution in [0.5, 0.6) is 11.5 Å². The number of para-hydroxylation sites is 2. The van der Waals surface area contributed by atoms with Crippen LogP contribution in [0.3, 0.4) is 0 Å². The van der Waals surface area contributed by atoms with Crippen LogP contribution in [0.1, 0.15) is 22.7 Å². The summed E-state index contributed by atoms with van der Waals surface area (Å²) in [4.78, 5) is 40.2. The van der Waals surface area contributed by atoms with E-state index in [0.29, 0.717) is 40.7 Å². The summed E-state index contributed by atoms with van der Waals surface area (Å²) in [5, 5.41) is 7.96. The van der Waals surface area contributed by atoms with Crippen molar-refractivity contribution < 1.29 is 28.6 Å². The highest BCUT2D eigenvalue weighted by molar-refractivity contribution is 7.09. The van der Waals surface area contributed by atoms with Gasteiger partial charge in [-0.15, -0.1) is 11.3 Å². The summed E-state index contributed by atoms with van der Waals surface area (Å²) >= 11 is 1.32. The number of benzene rings is 2. The van der Waals surface area contributed by atoms with Crippen molar-refractivity contribution in [1.29, 1.82) is 0 Å². The van der Waals surface area contributed by atoms with Crippen molar-refractivity contribution in [2.45, 2.75) is 25.9 Å². The Labute approximate surface area is 200 Å². The van der Waals surface area contributed by atoms with Gasteiger partial charge in [-0.2, -0.15) is 0 Å². The predicted octanol–water partition coefficient (Wildman–Crippen LogP) is 3.34. The lowest BCUT2D eigenvalue weighted by atomic mass is 10.0. The molecule has 0 saturated heterocycles. The average Bonchev–Trinajstić information content (AvgIpc) is 3.28. The molecule has 0 radical (unpaired) electrons. The van der Waals surface area contributed by atoms with E-state index >= 15 is 0 Å². The van der Waals surface area contributed by atoms with E-state index in [1.165, 1.54) is 18.4 Å². The van der Waals surface area contributed by atoms with Crippen LogP contribution in [0, 0.1) is 0 Å². The summed E-state index contributed by atoms with van der Waals surface area (Å²) < 4.78 is 16.0. The molecule has 1 aliphatic rings. The topological polar surface area (TPSA) is 116 Å². The molecular weight excluding hydrogens is 458 g/mol. The lowest BCUT2D eigenvalue weighted by Gasteiger charge is -2.17. The molecular formula is C24H23N3O6S. The van der Waals surface area contributed by atoms with Gasteiger partial charge in [0.1, 0.15) is 23.1 Å². The number of rotatable bonds is 9. The minimum Gasteiger partial charge on any atom is -0.495 e. The van der Waals surface area contributed by atoms with Crippen molar-refractivity contribution >= 4 is 40.5 Å². The van der Waals surface area contributed by atoms with Crippen molar-refractivity contribution in [3.63, 3.8) is 0 Å². The number of carbonyl (C=O) groups excluding carboxylic acids is 3. The Morgan fingerprint density at radius 2 is 2.03 bits per heavy atom. The molecule has 34 heavy (non-hydrogen) atoms. The third kappa shape index (κ3) is 6.10. The fourth-order valence-corrected chi connectivity index (χ4v) is 4.14. The van der Waals surface area contributed by atoms with Gasteiger partial charge in [-0.05, 0) is 42.3 Å². The molecule has 176 valence electrons. The number of thiazole rings is 1. The van der Waals surface area contributed by atoms with Gasteiger partial charge in [-0.3, -0.25) is 9.59 Å². The van der Waals surface area contributed by atoms with E-state index in [1.54, 1.807) is 29.6 Å². The largest absolute Gasteiger partial charge is 0.495 e. The molecule has 9 nitrogen and oxygen atoms in total. The third-order valence-corrected chi connectivity index (χ3v) is 5.90. The minimum atomic E-state index is -0.533. The predicted molar refractivity (Wildman–Crippen MR) is 126 cm³/mol. The average molecular weight is 482 g/mol. The number of amides is 2. The summed E-state index contributed by atoms with van der Waals surface area (Å²) in [6.07, 6.45) is 1.15. The van der Waals surface area contributed by atoms with Gasteiger partial charge in [-0.25, -0.2) is 9.78 Å². The number of aryl methyl sites for hydroxylation is 1. The Balaban J connectivity index is 1.22. The Hall–Kier alpha value is -3.92. The maximum Gasteiger partial charge on any atom is 0.344 e. The van der Waals surface area contributed by atoms with E-state index in [4.69, 9.17) is 14.2 Å². The molecule has 10 heteroatoms. The number of anilines is 2. The summed E-state index contributed by atoms with van der Waals surface area (Å²) in [6.45, 7) is -0.257. The highest BCUT2D eigenvalue weighted by atomic mass is 32.1. The molecule has 0 aliphatic carbocycles. The number of aromatic nitrogens is 1. The highest BCUT2D eigenvalue weighted by Gasteiger charge is 2.16. The lowest BCUT2D eigenvalue weighted by Crippen LogP contribution is -2.19. The van der Waals surface area contributed by atoms with Gasteiger partial charge in [0.15, 0.2) is 6.61 Å². The summed E-state index contributed by atoms with van der Waals surface area (Å²) in [5.41, 5.74) is 2.88. The molecule has 1 aromatic heterocycles. The quantitative estimate of drug-likeness (QED) is 0.450. The summed E-state index contributed by atoms with van der Waals surface area (Å²) in [6, 6.07) is 12.4. The van der Waals surface area contributed by atoms with Gasteiger partial charge >= 0.3 is 5.97 Å². The van der Waals surface area contributed by atoms with Gasteiger partial charge in [0.05, 0.1) is 24.9 Å². The number of carbonyl (C=O) groups is 3. The third-order valence-electron chi connectivity index (χ3n) is 5.00. The van der Waals surface area contributed by atoms with Crippen molar-refractivity contribution in [2.75, 3.05) is 24.4 Å². The van der Waals surface area contributed by atoms with E-state index < -0.39 is 5.97 Å². The van der Waals surface area contributed by atoms with Crippen molar-refractivity contribution in [3.05, 3.63) is 64.1 Å². The summed E-state index contributed by atoms with van der Waals surface area (Å²) in [5.74, 6) is 0.345. The van der Waals surface area contributed by atoms with Crippen LogP contribution in [0.2, 0.25) is 0 Å². The second-order valence-corrected chi connectivity index (χ2v) is 8.42. The van der Waals surface area contributed by atoms with Crippen molar-refractivity contribution in [1.82, 2.24) is 4.98 Å². The zero-order valence-corrected chi connectivity index (χ0v) is 19.3. The number of nitrogens with one attached hydrogen (secondary N) is 2. The SMILES string of the molecule is COc1ccccc1NC(=O)Cc1nc(COC(=O)COc2ccc3c(c2)CCC(=O)N3)cs1. The van der Waals surface area contributed by atoms with Crippen LogP contribution < -0.4 is 20.1 Å². The van der Waals surface area contributed by atoms with Crippen molar-refractivity contribution in [2.24, 2.45) is 0 Å². The Bertz CT molecular complexity index is 1210. The number of nitrogens with zero attached hydrogens (tertiary/aromatic N) is 1. The zero-order valence-electron chi connectivity index (χ0n) is 18.5. The second kappa shape index (κ2) is 10.8. The molecule has 2 heterocycles. The standard InChI is InChI=1S/C24H23N3O6S/c1-31-20-5-3-2-4-19(20)27-22(29)11-23-25-16(14-34-23)12-33-24(30)13-32-17-7-8-18-15(10-17)6-9-21(28)26-18/h2-5,7-8,10,14H,6,9,11-13H2,1H3,(H,26,28)(H,27,29). The number of hydrogen-bond acceptors (Lipinski definition) is 8. The van der Waals surface area contributed by atoms with Crippen LogP contribution in [0.25, 0.3) is 0 Å². The summed E-state index contributed by atoms with van der Waals surface area (Å²) in [7, 11) is 1.54. The first kappa shape index (κ1) is 23.2. The first-order valence-corrected chi connectivity index (χ1v) is 11.5. The molecule has 1 aliphatic heterocycles. The Kier molecular flexibility index (Phi) is 7.38. The molecule has 2 N–H and O–H groups in total. The number of esters is 1. The molecule has 4 rings (SSSR count). The van der Waals surface area contributed by atoms with E-state index in [0.717, 1.165) is 11.3 Å². The first-order chi connectivity index (χ1) is 16.5. The maximum absolute atomic E-state index is 12.3. The molecule has 2 amide bonds. The molecule has 0 saturated carbocycles. The smallest absolute Gasteiger partial charge is 0.344 e. The fourth-order valence-electron chi connectivity index (χ4n) is 3.36. The number of hydrogen-bond donors (Lipinski definition) is 2. The van der Waals surface area contributed by atoms with Crippen LogP contribution in [-0.4, -0.2) is 36.5 Å². The monoisotopic (exact) mass is 481 g/mol. The fraction of sp³-hybridized carbons (Fsp3) is 0.250. The molecule has 0 atom stereocenters. The van der Waals surface area contributed by atoms with Crippen molar-refractivity contribution in [3.8, 4) is 11.5 Å². The number of methoxy groups -OCH3 is 1. The van der Waals surface area contributed by atoms with Gasteiger partial charge in [-0.1, -0.05) is 12.1 Å². The van der Waals surface area contributed by atoms with Crippen LogP contribution in [0.4, 0.5) is 11.4 Å². The lowest BCUT2D eigenvalue weighted by molar-refractivity contribution is -0.147. The van der Waals surface area contributed by atoms with E-state index in [1.807, 2.05) is 18.2 Å². The van der Waals surface area contributed by atoms with Gasteiger partial charge in [0.2, 0.25) is 11.8 Å². The van der Waals surface area contributed by atoms with Crippen LogP contribution >= 0.6 is 11.3 Å². The Morgan fingerprint density at radius 1 is 1.18 bits per heavy atom. The number of fused-ring (bicyclic) bond motifs is 1. The molecule has 0 bridgehead atoms. The van der Waals surface area contributed by atoms with E-state index in [9.17, 15) is 14.4 Å². The van der Waals surface area contributed by atoms with Crippen LogP contribution in [0.15, 0.2) is 47.8 Å². The molecule has 0 fully saturated rings. The van der Waals surface area contributed by atoms with E-state index in [-0.39, 0.29) is 31.4 Å².